The zero-order chi connectivity index (χ0) is 14.0. The first kappa shape index (κ1) is 14.1. The van der Waals surface area contributed by atoms with Crippen LogP contribution in [0.25, 0.3) is 0 Å². The third-order valence-corrected chi connectivity index (χ3v) is 3.91. The van der Waals surface area contributed by atoms with Gasteiger partial charge >= 0.3 is 12.0 Å². The molecule has 1 unspecified atom stereocenters. The standard InChI is InChI=1S/C12H20N2O5/c15-5-4-13(8-2-1-3-8)12(19)14-7-9(16)6-10(14)11(17)18/h8-10,15-16H,1-7H2,(H,17,18)/t9?,10-/m0/s1. The van der Waals surface area contributed by atoms with Crippen molar-refractivity contribution >= 4 is 12.0 Å². The Bertz CT molecular complexity index is 358. The Labute approximate surface area is 111 Å². The van der Waals surface area contributed by atoms with Crippen LogP contribution in [0.1, 0.15) is 25.7 Å². The van der Waals surface area contributed by atoms with Gasteiger partial charge in [0.2, 0.25) is 0 Å². The topological polar surface area (TPSA) is 101 Å². The second-order valence-corrected chi connectivity index (χ2v) is 5.18. The quantitative estimate of drug-likeness (QED) is 0.639. The van der Waals surface area contributed by atoms with Crippen LogP contribution in [0.5, 0.6) is 0 Å². The summed E-state index contributed by atoms with van der Waals surface area (Å²) >= 11 is 0. The van der Waals surface area contributed by atoms with Crippen LogP contribution in [0, 0.1) is 0 Å². The molecule has 7 nitrogen and oxygen atoms in total. The summed E-state index contributed by atoms with van der Waals surface area (Å²) in [4.78, 5) is 26.3. The van der Waals surface area contributed by atoms with Crippen LogP contribution in [-0.2, 0) is 4.79 Å². The zero-order valence-corrected chi connectivity index (χ0v) is 10.7. The lowest BCUT2D eigenvalue weighted by Gasteiger charge is -2.40. The number of nitrogens with zero attached hydrogens (tertiary/aromatic N) is 2. The van der Waals surface area contributed by atoms with Crippen LogP contribution >= 0.6 is 0 Å². The number of carbonyl (C=O) groups is 2. The fourth-order valence-corrected chi connectivity index (χ4v) is 2.66. The number of carboxylic acids is 1. The maximum Gasteiger partial charge on any atom is 0.326 e. The lowest BCUT2D eigenvalue weighted by Crippen LogP contribution is -2.54. The summed E-state index contributed by atoms with van der Waals surface area (Å²) in [5, 5.41) is 27.7. The largest absolute Gasteiger partial charge is 0.480 e. The lowest BCUT2D eigenvalue weighted by molar-refractivity contribution is -0.141. The van der Waals surface area contributed by atoms with Gasteiger partial charge in [-0.1, -0.05) is 0 Å². The van der Waals surface area contributed by atoms with Gasteiger partial charge in [-0.3, -0.25) is 0 Å². The highest BCUT2D eigenvalue weighted by atomic mass is 16.4. The van der Waals surface area contributed by atoms with Crippen molar-refractivity contribution in [2.24, 2.45) is 0 Å². The van der Waals surface area contributed by atoms with Crippen molar-refractivity contribution in [3.8, 4) is 0 Å². The summed E-state index contributed by atoms with van der Waals surface area (Å²) in [7, 11) is 0. The number of aliphatic hydroxyl groups is 2. The number of carboxylic acid groups (broad SMARTS) is 1. The van der Waals surface area contributed by atoms with Crippen molar-refractivity contribution in [1.82, 2.24) is 9.80 Å². The van der Waals surface area contributed by atoms with Crippen molar-refractivity contribution in [3.63, 3.8) is 0 Å². The van der Waals surface area contributed by atoms with E-state index in [1.54, 1.807) is 0 Å². The molecule has 1 saturated heterocycles. The molecule has 1 heterocycles. The van der Waals surface area contributed by atoms with Crippen LogP contribution < -0.4 is 0 Å². The van der Waals surface area contributed by atoms with E-state index in [2.05, 4.69) is 0 Å². The monoisotopic (exact) mass is 272 g/mol. The third-order valence-electron chi connectivity index (χ3n) is 3.91. The Morgan fingerprint density at radius 2 is 2.00 bits per heavy atom. The van der Waals surface area contributed by atoms with Gasteiger partial charge in [0, 0.05) is 25.6 Å². The van der Waals surface area contributed by atoms with E-state index in [1.807, 2.05) is 0 Å². The number of aliphatic carboxylic acids is 1. The zero-order valence-electron chi connectivity index (χ0n) is 10.7. The Morgan fingerprint density at radius 1 is 1.32 bits per heavy atom. The molecular weight excluding hydrogens is 252 g/mol. The van der Waals surface area contributed by atoms with Crippen LogP contribution in [-0.4, -0.2) is 75.0 Å². The SMILES string of the molecule is O=C(O)[C@@H]1CC(O)CN1C(=O)N(CCO)C1CCC1. The molecule has 0 spiro atoms. The number of β-amino-alcohol motifs (C(OH)–C–C–N with tert-alkyl or cyclic N) is 1. The number of likely N-dealkylation sites (tertiary alicyclic amines) is 1. The van der Waals surface area contributed by atoms with E-state index in [1.165, 1.54) is 9.80 Å². The van der Waals surface area contributed by atoms with Crippen molar-refractivity contribution in [1.29, 1.82) is 0 Å². The predicted octanol–water partition coefficient (Wildman–Crippen LogP) is -0.527. The normalized spacial score (nSPS) is 27.2. The molecular formula is C12H20N2O5. The summed E-state index contributed by atoms with van der Waals surface area (Å²) in [6.45, 7) is 0.114. The molecule has 0 aromatic carbocycles. The van der Waals surface area contributed by atoms with Crippen molar-refractivity contribution in [3.05, 3.63) is 0 Å². The van der Waals surface area contributed by atoms with E-state index in [-0.39, 0.29) is 38.2 Å². The second kappa shape index (κ2) is 5.75. The van der Waals surface area contributed by atoms with Gasteiger partial charge in [0.25, 0.3) is 0 Å². The number of aliphatic hydroxyl groups excluding tert-OH is 2. The molecule has 1 aliphatic heterocycles. The first-order chi connectivity index (χ1) is 9.04. The number of hydrogen-bond acceptors (Lipinski definition) is 4. The van der Waals surface area contributed by atoms with Crippen molar-refractivity contribution in [2.75, 3.05) is 19.7 Å². The average Bonchev–Trinajstić information content (AvgIpc) is 2.67. The van der Waals surface area contributed by atoms with Crippen LogP contribution in [0.4, 0.5) is 4.79 Å². The number of carbonyl (C=O) groups excluding carboxylic acids is 1. The van der Waals surface area contributed by atoms with Gasteiger partial charge in [-0.05, 0) is 19.3 Å². The van der Waals surface area contributed by atoms with E-state index in [4.69, 9.17) is 10.2 Å². The van der Waals surface area contributed by atoms with E-state index < -0.39 is 18.1 Å². The first-order valence-electron chi connectivity index (χ1n) is 6.63. The molecule has 19 heavy (non-hydrogen) atoms. The smallest absolute Gasteiger partial charge is 0.326 e. The summed E-state index contributed by atoms with van der Waals surface area (Å²) in [5.74, 6) is -1.09. The van der Waals surface area contributed by atoms with Crippen LogP contribution in [0.2, 0.25) is 0 Å². The van der Waals surface area contributed by atoms with Gasteiger partial charge in [-0.25, -0.2) is 9.59 Å². The van der Waals surface area contributed by atoms with E-state index >= 15 is 0 Å². The minimum atomic E-state index is -1.09. The molecule has 1 saturated carbocycles. The molecule has 2 atom stereocenters. The van der Waals surface area contributed by atoms with Crippen LogP contribution in [0.3, 0.4) is 0 Å². The molecule has 2 aliphatic rings. The molecule has 0 radical (unpaired) electrons. The second-order valence-electron chi connectivity index (χ2n) is 5.18. The molecule has 2 fully saturated rings. The van der Waals surface area contributed by atoms with Gasteiger partial charge in [0.15, 0.2) is 0 Å². The minimum Gasteiger partial charge on any atom is -0.480 e. The van der Waals surface area contributed by atoms with Crippen molar-refractivity contribution < 1.29 is 24.9 Å². The minimum absolute atomic E-state index is 0.0461. The Kier molecular flexibility index (Phi) is 4.26. The lowest BCUT2D eigenvalue weighted by atomic mass is 9.91. The molecule has 108 valence electrons. The van der Waals surface area contributed by atoms with Gasteiger partial charge in [0.05, 0.1) is 12.7 Å². The summed E-state index contributed by atoms with van der Waals surface area (Å²) in [5.41, 5.74) is 0. The Balaban J connectivity index is 2.08. The maximum atomic E-state index is 12.4. The molecule has 0 aromatic heterocycles. The van der Waals surface area contributed by atoms with Gasteiger partial charge in [-0.2, -0.15) is 0 Å². The Morgan fingerprint density at radius 3 is 2.47 bits per heavy atom. The molecule has 1 aliphatic carbocycles. The number of rotatable bonds is 4. The molecule has 2 rings (SSSR count). The number of urea groups is 1. The summed E-state index contributed by atoms with van der Waals surface area (Å²) in [6, 6.07) is -1.27. The van der Waals surface area contributed by atoms with Crippen LogP contribution in [0.15, 0.2) is 0 Å². The maximum absolute atomic E-state index is 12.4. The van der Waals surface area contributed by atoms with Gasteiger partial charge < -0.3 is 25.1 Å². The van der Waals surface area contributed by atoms with E-state index in [0.29, 0.717) is 0 Å². The molecule has 0 aromatic rings. The number of amides is 2. The highest BCUT2D eigenvalue weighted by Crippen LogP contribution is 2.28. The third kappa shape index (κ3) is 2.82. The molecule has 2 amide bonds. The van der Waals surface area contributed by atoms with Crippen molar-refractivity contribution in [2.45, 2.75) is 43.9 Å². The highest BCUT2D eigenvalue weighted by Gasteiger charge is 2.42. The number of hydrogen-bond donors (Lipinski definition) is 3. The van der Waals surface area contributed by atoms with Gasteiger partial charge in [-0.15, -0.1) is 0 Å². The first-order valence-corrected chi connectivity index (χ1v) is 6.63. The molecule has 0 bridgehead atoms. The Hall–Kier alpha value is -1.34. The molecule has 7 heteroatoms. The average molecular weight is 272 g/mol. The van der Waals surface area contributed by atoms with Gasteiger partial charge in [0.1, 0.15) is 6.04 Å². The van der Waals surface area contributed by atoms with E-state index in [0.717, 1.165) is 19.3 Å². The fourth-order valence-electron chi connectivity index (χ4n) is 2.66. The predicted molar refractivity (Wildman–Crippen MR) is 65.6 cm³/mol. The summed E-state index contributed by atoms with van der Waals surface area (Å²) < 4.78 is 0. The highest BCUT2D eigenvalue weighted by molar-refractivity contribution is 5.83. The fraction of sp³-hybridized carbons (Fsp3) is 0.833. The summed E-state index contributed by atoms with van der Waals surface area (Å²) in [6.07, 6.45) is 2.10. The molecule has 3 N–H and O–H groups in total. The van der Waals surface area contributed by atoms with E-state index in [9.17, 15) is 14.7 Å².